The Morgan fingerprint density at radius 3 is 2.70 bits per heavy atom. The number of hydrogen-bond donors (Lipinski definition) is 1. The third kappa shape index (κ3) is 3.70. The quantitative estimate of drug-likeness (QED) is 0.517. The van der Waals surface area contributed by atoms with E-state index in [1.165, 1.54) is 12.1 Å². The lowest BCUT2D eigenvalue weighted by Crippen LogP contribution is -2.35. The van der Waals surface area contributed by atoms with Gasteiger partial charge in [-0.3, -0.25) is 14.9 Å². The highest BCUT2D eigenvalue weighted by atomic mass is 32.2. The van der Waals surface area contributed by atoms with Crippen molar-refractivity contribution in [2.24, 2.45) is 0 Å². The highest BCUT2D eigenvalue weighted by Crippen LogP contribution is 2.18. The zero-order valence-electron chi connectivity index (χ0n) is 10.4. The molecule has 0 aromatic heterocycles. The predicted molar refractivity (Wildman–Crippen MR) is 72.3 cm³/mol. The molecule has 1 atom stereocenters. The summed E-state index contributed by atoms with van der Waals surface area (Å²) in [6.07, 6.45) is 0.489. The van der Waals surface area contributed by atoms with Gasteiger partial charge in [0.05, 0.1) is 11.5 Å². The monoisotopic (exact) mass is 296 g/mol. The molecule has 1 aromatic rings. The van der Waals surface area contributed by atoms with E-state index < -0.39 is 16.9 Å². The predicted octanol–water partition coefficient (Wildman–Crippen LogP) is 1.85. The van der Waals surface area contributed by atoms with E-state index in [1.54, 1.807) is 12.1 Å². The maximum atomic E-state index is 11.6. The van der Waals surface area contributed by atoms with Crippen molar-refractivity contribution in [2.75, 3.05) is 6.61 Å². The average molecular weight is 296 g/mol. The minimum atomic E-state index is -0.563. The molecule has 0 spiro atoms. The molecule has 8 heteroatoms. The van der Waals surface area contributed by atoms with Crippen LogP contribution in [0, 0.1) is 10.1 Å². The van der Waals surface area contributed by atoms with Gasteiger partial charge >= 0.3 is 5.97 Å². The lowest BCUT2D eigenvalue weighted by atomic mass is 10.2. The van der Waals surface area contributed by atoms with Crippen LogP contribution in [0.3, 0.4) is 0 Å². The third-order valence-electron chi connectivity index (χ3n) is 2.74. The zero-order chi connectivity index (χ0) is 14.5. The molecule has 1 aliphatic rings. The van der Waals surface area contributed by atoms with Gasteiger partial charge in [-0.2, -0.15) is 0 Å². The number of cyclic esters (lactones) is 1. The second-order valence-electron chi connectivity index (χ2n) is 4.15. The number of thioether (sulfide) groups is 1. The van der Waals surface area contributed by atoms with Gasteiger partial charge in [-0.15, -0.1) is 0 Å². The summed E-state index contributed by atoms with van der Waals surface area (Å²) in [6.45, 7) is 0.330. The molecule has 2 rings (SSSR count). The molecule has 1 N–H and O–H groups in total. The summed E-state index contributed by atoms with van der Waals surface area (Å²) in [5.41, 5.74) is 0.807. The molecule has 1 aliphatic heterocycles. The minimum Gasteiger partial charge on any atom is -0.464 e. The van der Waals surface area contributed by atoms with E-state index in [1.807, 2.05) is 0 Å². The lowest BCUT2D eigenvalue weighted by molar-refractivity contribution is -0.384. The number of nitrogens with zero attached hydrogens (tertiary/aromatic N) is 1. The Morgan fingerprint density at radius 2 is 2.15 bits per heavy atom. The van der Waals surface area contributed by atoms with E-state index in [-0.39, 0.29) is 10.9 Å². The number of nitro groups is 1. The first-order valence-electron chi connectivity index (χ1n) is 5.89. The standard InChI is InChI=1S/C12H12N2O5S/c15-11-10(5-6-19-11)13-12(16)20-7-8-1-3-9(4-2-8)14(17)18/h1-4,10H,5-7H2,(H,13,16)/t10-/m0/s1. The van der Waals surface area contributed by atoms with Crippen molar-refractivity contribution in [1.82, 2.24) is 5.32 Å². The van der Waals surface area contributed by atoms with Crippen LogP contribution in [0.5, 0.6) is 0 Å². The number of non-ortho nitro benzene ring substituents is 1. The summed E-state index contributed by atoms with van der Waals surface area (Å²) in [6, 6.07) is 5.42. The normalized spacial score (nSPS) is 17.6. The Labute approximate surface area is 118 Å². The Balaban J connectivity index is 1.81. The van der Waals surface area contributed by atoms with Gasteiger partial charge in [-0.25, -0.2) is 4.79 Å². The molecular formula is C12H12N2O5S. The molecule has 1 saturated heterocycles. The average Bonchev–Trinajstić information content (AvgIpc) is 2.82. The van der Waals surface area contributed by atoms with Gasteiger partial charge in [-0.05, 0) is 5.56 Å². The van der Waals surface area contributed by atoms with Crippen LogP contribution in [0.4, 0.5) is 10.5 Å². The summed E-state index contributed by atoms with van der Waals surface area (Å²) in [5.74, 6) is -0.0275. The van der Waals surface area contributed by atoms with Crippen molar-refractivity contribution < 1.29 is 19.2 Å². The molecule has 0 radical (unpaired) electrons. The van der Waals surface area contributed by atoms with Crippen LogP contribution in [0.15, 0.2) is 24.3 Å². The topological polar surface area (TPSA) is 98.5 Å². The molecule has 0 saturated carbocycles. The number of carbonyl (C=O) groups excluding carboxylic acids is 2. The number of carbonyl (C=O) groups is 2. The van der Waals surface area contributed by atoms with E-state index in [4.69, 9.17) is 4.74 Å². The summed E-state index contributed by atoms with van der Waals surface area (Å²) < 4.78 is 4.74. The molecular weight excluding hydrogens is 284 g/mol. The van der Waals surface area contributed by atoms with Gasteiger partial charge in [0.15, 0.2) is 0 Å². The van der Waals surface area contributed by atoms with Crippen LogP contribution >= 0.6 is 11.8 Å². The summed E-state index contributed by atoms with van der Waals surface area (Å²) in [5, 5.41) is 12.8. The fraction of sp³-hybridized carbons (Fsp3) is 0.333. The zero-order valence-corrected chi connectivity index (χ0v) is 11.2. The van der Waals surface area contributed by atoms with Gasteiger partial charge in [0.1, 0.15) is 6.04 Å². The van der Waals surface area contributed by atoms with E-state index >= 15 is 0 Å². The Bertz CT molecular complexity index is 531. The first kappa shape index (κ1) is 14.3. The summed E-state index contributed by atoms with van der Waals surface area (Å²) in [4.78, 5) is 32.8. The van der Waals surface area contributed by atoms with Crippen molar-refractivity contribution in [3.8, 4) is 0 Å². The fourth-order valence-electron chi connectivity index (χ4n) is 1.67. The second-order valence-corrected chi connectivity index (χ2v) is 5.10. The van der Waals surface area contributed by atoms with E-state index in [0.29, 0.717) is 18.8 Å². The van der Waals surface area contributed by atoms with Gasteiger partial charge in [-0.1, -0.05) is 23.9 Å². The van der Waals surface area contributed by atoms with Crippen LogP contribution in [0.1, 0.15) is 12.0 Å². The van der Waals surface area contributed by atoms with Gasteiger partial charge in [0.2, 0.25) is 0 Å². The van der Waals surface area contributed by atoms with Crippen molar-refractivity contribution in [3.05, 3.63) is 39.9 Å². The Kier molecular flexibility index (Phi) is 4.57. The van der Waals surface area contributed by atoms with E-state index in [9.17, 15) is 19.7 Å². The Morgan fingerprint density at radius 1 is 1.45 bits per heavy atom. The number of nitrogens with one attached hydrogen (secondary N) is 1. The molecule has 0 aliphatic carbocycles. The van der Waals surface area contributed by atoms with Crippen LogP contribution < -0.4 is 5.32 Å². The number of hydrogen-bond acceptors (Lipinski definition) is 6. The molecule has 1 amide bonds. The largest absolute Gasteiger partial charge is 0.464 e. The second kappa shape index (κ2) is 6.38. The molecule has 0 unspecified atom stereocenters. The van der Waals surface area contributed by atoms with E-state index in [2.05, 4.69) is 5.32 Å². The Hall–Kier alpha value is -2.09. The smallest absolute Gasteiger partial charge is 0.328 e. The van der Waals surface area contributed by atoms with Crippen LogP contribution in [-0.4, -0.2) is 28.8 Å². The number of amides is 1. The number of rotatable bonds is 4. The summed E-state index contributed by atoms with van der Waals surface area (Å²) >= 11 is 1.01. The number of esters is 1. The first-order chi connectivity index (χ1) is 9.56. The molecule has 0 bridgehead atoms. The molecule has 7 nitrogen and oxygen atoms in total. The highest BCUT2D eigenvalue weighted by Gasteiger charge is 2.27. The molecule has 1 fully saturated rings. The van der Waals surface area contributed by atoms with Crippen LogP contribution in [0.25, 0.3) is 0 Å². The van der Waals surface area contributed by atoms with E-state index in [0.717, 1.165) is 17.3 Å². The lowest BCUT2D eigenvalue weighted by Gasteiger charge is -2.08. The molecule has 1 aromatic carbocycles. The van der Waals surface area contributed by atoms with Crippen molar-refractivity contribution >= 4 is 28.7 Å². The van der Waals surface area contributed by atoms with Crippen LogP contribution in [0.2, 0.25) is 0 Å². The summed E-state index contributed by atoms with van der Waals surface area (Å²) in [7, 11) is 0. The minimum absolute atomic E-state index is 0.0110. The molecule has 1 heterocycles. The maximum absolute atomic E-state index is 11.6. The van der Waals surface area contributed by atoms with Gasteiger partial charge < -0.3 is 10.1 Å². The van der Waals surface area contributed by atoms with Gasteiger partial charge in [0.25, 0.3) is 10.9 Å². The third-order valence-corrected chi connectivity index (χ3v) is 3.60. The first-order valence-corrected chi connectivity index (χ1v) is 6.88. The van der Waals surface area contributed by atoms with Crippen molar-refractivity contribution in [2.45, 2.75) is 18.2 Å². The maximum Gasteiger partial charge on any atom is 0.328 e. The van der Waals surface area contributed by atoms with Crippen molar-refractivity contribution in [1.29, 1.82) is 0 Å². The van der Waals surface area contributed by atoms with Gasteiger partial charge in [0, 0.05) is 24.3 Å². The fourth-order valence-corrected chi connectivity index (χ4v) is 2.39. The molecule has 20 heavy (non-hydrogen) atoms. The van der Waals surface area contributed by atoms with Crippen molar-refractivity contribution in [3.63, 3.8) is 0 Å². The van der Waals surface area contributed by atoms with Crippen LogP contribution in [-0.2, 0) is 15.3 Å². The molecule has 106 valence electrons. The SMILES string of the molecule is O=C(N[C@H]1CCOC1=O)SCc1ccc([N+](=O)[O-])cc1. The number of benzene rings is 1. The number of ether oxygens (including phenoxy) is 1. The highest BCUT2D eigenvalue weighted by molar-refractivity contribution is 8.12. The number of nitro benzene ring substituents is 1.